The summed E-state index contributed by atoms with van der Waals surface area (Å²) in [5.74, 6) is 6.39. The number of nitrogens with two attached hydrogens (primary N) is 1. The number of fused-ring (bicyclic) bond motifs is 2. The number of likely N-dealkylation sites (tertiary alicyclic amines) is 3. The molecule has 3 atom stereocenters. The molecule has 5 aliphatic rings. The topological polar surface area (TPSA) is 177 Å². The second kappa shape index (κ2) is 21.1. The molecule has 3 unspecified atom stereocenters. The number of amidine groups is 1. The van der Waals surface area contributed by atoms with E-state index in [1.54, 1.807) is 31.7 Å². The zero-order valence-electron chi connectivity index (χ0n) is 39.0. The van der Waals surface area contributed by atoms with Crippen molar-refractivity contribution in [3.05, 3.63) is 69.3 Å². The van der Waals surface area contributed by atoms with Crippen LogP contribution in [0.5, 0.6) is 0 Å². The van der Waals surface area contributed by atoms with Gasteiger partial charge in [0.05, 0.1) is 16.6 Å². The molecular weight excluding hydrogens is 857 g/mol. The van der Waals surface area contributed by atoms with Crippen molar-refractivity contribution in [1.82, 2.24) is 34.5 Å². The molecule has 0 radical (unpaired) electrons. The molecule has 67 heavy (non-hydrogen) atoms. The van der Waals surface area contributed by atoms with Crippen molar-refractivity contribution in [2.45, 2.75) is 95.7 Å². The molecule has 0 bridgehead atoms. The van der Waals surface area contributed by atoms with Crippen LogP contribution in [0.15, 0.2) is 46.3 Å². The van der Waals surface area contributed by atoms with E-state index in [-0.39, 0.29) is 59.8 Å². The van der Waals surface area contributed by atoms with Crippen LogP contribution in [0, 0.1) is 29.1 Å². The molecule has 3 amide bonds. The standard InChI is InChI=1S/C50H65F2N11O4/c1-32(64)61-26-18-41(40(31-61)48(54)62-21-5-8-35-27-38(36(29-53)30-55-2)39(47(51)52)28-44(35)62)56-37-16-24-60(25-17-37)20-6-19-59-22-14-33(15-23-59)10-11-34-7-4-9-42-46(34)58(3)50(67)63(42)43-12-13-45(65)57-49(43)66/h4,7,9,27-30,33,37,40-41,43,47,54,56H,5-6,8,12-26,31,53H2,1-3H3,(H,57,65,66). The normalized spacial score (nSPS) is 22.9. The molecule has 15 nitrogen and oxygen atoms in total. The number of alkyl halides is 2. The minimum atomic E-state index is -2.74. The number of hydrogen-bond donors (Lipinski definition) is 4. The maximum absolute atomic E-state index is 14.6. The molecular formula is C50H65F2N11O4. The van der Waals surface area contributed by atoms with Crippen molar-refractivity contribution in [3.8, 4) is 11.8 Å². The largest absolute Gasteiger partial charge is 0.404 e. The predicted molar refractivity (Wildman–Crippen MR) is 257 cm³/mol. The SMILES string of the molecule is CN=CC(=CN)c1cc2c(cc1C(F)F)N(C(=N)C1CN(C(C)=O)CCC1NC1CCN(CCCN3CCC(C#Cc4cccc5c4n(C)c(=O)n5C4CCC(=O)NC4=O)CC3)CC1)CCC2. The molecule has 17 heteroatoms. The van der Waals surface area contributed by atoms with Crippen LogP contribution in [-0.2, 0) is 27.9 Å². The summed E-state index contributed by atoms with van der Waals surface area (Å²) in [5.41, 5.74) is 9.82. The summed E-state index contributed by atoms with van der Waals surface area (Å²) in [7, 11) is 3.28. The van der Waals surface area contributed by atoms with Crippen LogP contribution in [-0.4, -0.2) is 132 Å². The molecule has 2 aromatic carbocycles. The molecule has 0 spiro atoms. The minimum absolute atomic E-state index is 0.0200. The highest BCUT2D eigenvalue weighted by Crippen LogP contribution is 2.38. The third kappa shape index (κ3) is 10.4. The third-order valence-electron chi connectivity index (χ3n) is 14.7. The quantitative estimate of drug-likeness (QED) is 0.0939. The summed E-state index contributed by atoms with van der Waals surface area (Å²) >= 11 is 0. The monoisotopic (exact) mass is 922 g/mol. The first-order valence-corrected chi connectivity index (χ1v) is 24.0. The minimum Gasteiger partial charge on any atom is -0.404 e. The number of imidazole rings is 1. The molecule has 5 N–H and O–H groups in total. The molecule has 0 saturated carbocycles. The first-order chi connectivity index (χ1) is 32.3. The van der Waals surface area contributed by atoms with Gasteiger partial charge in [0.15, 0.2) is 0 Å². The van der Waals surface area contributed by atoms with Crippen molar-refractivity contribution in [2.24, 2.45) is 29.6 Å². The number of carbonyl (C=O) groups is 3. The number of aliphatic imine (C=N–C) groups is 1. The Labute approximate surface area is 391 Å². The fraction of sp³-hybridized carbons (Fsp3) is 0.560. The van der Waals surface area contributed by atoms with Crippen LogP contribution in [0.3, 0.4) is 0 Å². The lowest BCUT2D eigenvalue weighted by Crippen LogP contribution is -2.59. The number of hydrogen-bond acceptors (Lipinski definition) is 10. The lowest BCUT2D eigenvalue weighted by Gasteiger charge is -2.45. The summed E-state index contributed by atoms with van der Waals surface area (Å²) < 4.78 is 32.2. The van der Waals surface area contributed by atoms with Crippen LogP contribution in [0.1, 0.15) is 99.4 Å². The number of rotatable bonds is 11. The second-order valence-electron chi connectivity index (χ2n) is 18.9. The Morgan fingerprint density at radius 3 is 2.40 bits per heavy atom. The Kier molecular flexibility index (Phi) is 15.0. The van der Waals surface area contributed by atoms with Crippen LogP contribution < -0.4 is 27.0 Å². The number of aromatic nitrogens is 2. The van der Waals surface area contributed by atoms with Crippen molar-refractivity contribution < 1.29 is 23.2 Å². The van der Waals surface area contributed by atoms with Crippen LogP contribution in [0.4, 0.5) is 14.5 Å². The van der Waals surface area contributed by atoms with Gasteiger partial charge >= 0.3 is 5.69 Å². The number of anilines is 1. The number of nitrogens with zero attached hydrogens (tertiary/aromatic N) is 7. The van der Waals surface area contributed by atoms with Crippen molar-refractivity contribution in [2.75, 3.05) is 70.9 Å². The van der Waals surface area contributed by atoms with E-state index >= 15 is 0 Å². The van der Waals surface area contributed by atoms with Gasteiger partial charge < -0.3 is 30.7 Å². The number of carbonyl (C=O) groups excluding carboxylic acids is 3. The van der Waals surface area contributed by atoms with E-state index in [9.17, 15) is 33.4 Å². The van der Waals surface area contributed by atoms with Gasteiger partial charge in [0.2, 0.25) is 17.7 Å². The van der Waals surface area contributed by atoms with Crippen molar-refractivity contribution in [1.29, 1.82) is 5.41 Å². The molecule has 4 fully saturated rings. The van der Waals surface area contributed by atoms with Gasteiger partial charge in [-0.15, -0.1) is 0 Å². The zero-order chi connectivity index (χ0) is 47.4. The van der Waals surface area contributed by atoms with E-state index in [0.29, 0.717) is 59.7 Å². The number of amides is 3. The van der Waals surface area contributed by atoms with Gasteiger partial charge in [-0.2, -0.15) is 0 Å². The van der Waals surface area contributed by atoms with Crippen molar-refractivity contribution >= 4 is 52.1 Å². The number of para-hydroxylation sites is 1. The van der Waals surface area contributed by atoms with Gasteiger partial charge in [0, 0.05) is 100 Å². The number of nitrogens with one attached hydrogen (secondary N) is 3. The zero-order valence-corrected chi connectivity index (χ0v) is 39.0. The smallest absolute Gasteiger partial charge is 0.329 e. The maximum atomic E-state index is 14.6. The highest BCUT2D eigenvalue weighted by Gasteiger charge is 2.39. The fourth-order valence-electron chi connectivity index (χ4n) is 11.0. The van der Waals surface area contributed by atoms with Gasteiger partial charge in [0.1, 0.15) is 11.9 Å². The Hall–Kier alpha value is -5.70. The summed E-state index contributed by atoms with van der Waals surface area (Å²) in [6, 6.07) is 8.46. The van der Waals surface area contributed by atoms with Gasteiger partial charge in [-0.1, -0.05) is 17.9 Å². The van der Waals surface area contributed by atoms with Gasteiger partial charge in [0.25, 0.3) is 6.43 Å². The average Bonchev–Trinajstić information content (AvgIpc) is 3.58. The molecule has 358 valence electrons. The first kappa shape index (κ1) is 47.8. The number of aryl methyl sites for hydroxylation is 2. The second-order valence-corrected chi connectivity index (χ2v) is 18.9. The first-order valence-electron chi connectivity index (χ1n) is 24.0. The predicted octanol–water partition coefficient (Wildman–Crippen LogP) is 4.43. The van der Waals surface area contributed by atoms with Gasteiger partial charge in [-0.3, -0.25) is 39.2 Å². The van der Waals surface area contributed by atoms with E-state index in [0.717, 1.165) is 95.3 Å². The van der Waals surface area contributed by atoms with Crippen LogP contribution in [0.25, 0.3) is 16.6 Å². The van der Waals surface area contributed by atoms with Crippen molar-refractivity contribution in [3.63, 3.8) is 0 Å². The van der Waals surface area contributed by atoms with E-state index in [4.69, 9.17) is 5.73 Å². The number of piperidine rings is 4. The Bertz CT molecular complexity index is 2540. The molecule has 8 rings (SSSR count). The highest BCUT2D eigenvalue weighted by molar-refractivity contribution is 6.10. The molecule has 4 saturated heterocycles. The summed E-state index contributed by atoms with van der Waals surface area (Å²) in [5, 5.41) is 15.9. The maximum Gasteiger partial charge on any atom is 0.329 e. The molecule has 1 aromatic heterocycles. The number of benzene rings is 2. The van der Waals surface area contributed by atoms with E-state index in [1.807, 2.05) is 28.0 Å². The average molecular weight is 922 g/mol. The summed E-state index contributed by atoms with van der Waals surface area (Å²) in [4.78, 5) is 63.2. The summed E-state index contributed by atoms with van der Waals surface area (Å²) in [6.45, 7) is 9.14. The van der Waals surface area contributed by atoms with Gasteiger partial charge in [-0.05, 0) is 132 Å². The number of imide groups is 1. The third-order valence-corrected chi connectivity index (χ3v) is 14.7. The van der Waals surface area contributed by atoms with Crippen LogP contribution >= 0.6 is 0 Å². The number of halogens is 2. The lowest BCUT2D eigenvalue weighted by molar-refractivity contribution is -0.136. The Balaban J connectivity index is 0.822. The highest BCUT2D eigenvalue weighted by atomic mass is 19.3. The van der Waals surface area contributed by atoms with Crippen LogP contribution in [0.2, 0.25) is 0 Å². The molecule has 3 aromatic rings. The molecule has 0 aliphatic carbocycles. The Morgan fingerprint density at radius 1 is 1.00 bits per heavy atom. The van der Waals surface area contributed by atoms with E-state index < -0.39 is 18.4 Å². The van der Waals surface area contributed by atoms with E-state index in [1.165, 1.54) is 23.0 Å². The lowest BCUT2D eigenvalue weighted by atomic mass is 9.86. The summed E-state index contributed by atoms with van der Waals surface area (Å²) in [6.07, 6.45) is 7.75. The number of allylic oxidation sites excluding steroid dienone is 1. The molecule has 5 aliphatic heterocycles. The fourth-order valence-corrected chi connectivity index (χ4v) is 11.0. The Morgan fingerprint density at radius 2 is 1.73 bits per heavy atom. The van der Waals surface area contributed by atoms with E-state index in [2.05, 4.69) is 37.3 Å². The van der Waals surface area contributed by atoms with Gasteiger partial charge in [-0.25, -0.2) is 13.6 Å². The molecule has 6 heterocycles.